The van der Waals surface area contributed by atoms with Gasteiger partial charge >= 0.3 is 0 Å². The first-order chi connectivity index (χ1) is 9.15. The van der Waals surface area contributed by atoms with Gasteiger partial charge in [-0.25, -0.2) is 0 Å². The molecule has 1 saturated heterocycles. The minimum absolute atomic E-state index is 0.198. The molecule has 3 rings (SSSR count). The van der Waals surface area contributed by atoms with E-state index in [1.165, 1.54) is 0 Å². The quantitative estimate of drug-likeness (QED) is 0.822. The molecule has 1 N–H and O–H groups in total. The lowest BCUT2D eigenvalue weighted by Gasteiger charge is -2.21. The molecule has 2 aromatic rings. The Hall–Kier alpha value is -1.75. The van der Waals surface area contributed by atoms with Crippen molar-refractivity contribution in [2.75, 3.05) is 0 Å². The Morgan fingerprint density at radius 2 is 2.16 bits per heavy atom. The van der Waals surface area contributed by atoms with Crippen molar-refractivity contribution >= 4 is 38.6 Å². The zero-order valence-corrected chi connectivity index (χ0v) is 11.6. The lowest BCUT2D eigenvalue weighted by atomic mass is 9.91. The van der Waals surface area contributed by atoms with Gasteiger partial charge in [0.05, 0.1) is 11.4 Å². The molecule has 2 heterocycles. The fraction of sp³-hybridized carbons (Fsp3) is 0.214. The molecular formula is C14H11BrN2O2. The number of imide groups is 1. The van der Waals surface area contributed by atoms with Crippen molar-refractivity contribution in [1.82, 2.24) is 10.3 Å². The Bertz CT molecular complexity index is 684. The summed E-state index contributed by atoms with van der Waals surface area (Å²) in [7, 11) is 0. The van der Waals surface area contributed by atoms with Crippen molar-refractivity contribution in [2.24, 2.45) is 0 Å². The molecule has 0 aliphatic carbocycles. The maximum Gasteiger partial charge on any atom is 0.234 e. The highest BCUT2D eigenvalue weighted by Gasteiger charge is 2.28. The van der Waals surface area contributed by atoms with Crippen LogP contribution in [0.15, 0.2) is 34.9 Å². The summed E-state index contributed by atoms with van der Waals surface area (Å²) < 4.78 is 0.951. The van der Waals surface area contributed by atoms with Crippen LogP contribution in [-0.4, -0.2) is 16.8 Å². The van der Waals surface area contributed by atoms with Crippen molar-refractivity contribution in [2.45, 2.75) is 18.8 Å². The lowest BCUT2D eigenvalue weighted by molar-refractivity contribution is -0.134. The van der Waals surface area contributed by atoms with Gasteiger partial charge in [0, 0.05) is 22.5 Å². The molecule has 1 aliphatic rings. The molecule has 1 aromatic carbocycles. The van der Waals surface area contributed by atoms with E-state index in [0.29, 0.717) is 12.8 Å². The van der Waals surface area contributed by atoms with E-state index in [2.05, 4.69) is 26.2 Å². The molecule has 19 heavy (non-hydrogen) atoms. The number of fused-ring (bicyclic) bond motifs is 1. The minimum Gasteiger partial charge on any atom is -0.296 e. The molecular weight excluding hydrogens is 308 g/mol. The van der Waals surface area contributed by atoms with Gasteiger partial charge in [-0.3, -0.25) is 19.9 Å². The summed E-state index contributed by atoms with van der Waals surface area (Å²) in [6.45, 7) is 0. The smallest absolute Gasteiger partial charge is 0.234 e. The van der Waals surface area contributed by atoms with Crippen LogP contribution >= 0.6 is 15.9 Å². The first-order valence-electron chi connectivity index (χ1n) is 6.03. The lowest BCUT2D eigenvalue weighted by Crippen LogP contribution is -2.39. The molecule has 0 radical (unpaired) electrons. The van der Waals surface area contributed by atoms with Crippen LogP contribution in [0.1, 0.15) is 24.3 Å². The number of carbonyl (C=O) groups is 2. The van der Waals surface area contributed by atoms with Gasteiger partial charge in [0.1, 0.15) is 0 Å². The number of carbonyl (C=O) groups excluding carboxylic acids is 2. The molecule has 5 heteroatoms. The second kappa shape index (κ2) is 4.74. The number of rotatable bonds is 1. The predicted octanol–water partition coefficient (Wildman–Crippen LogP) is 2.52. The van der Waals surface area contributed by atoms with Crippen molar-refractivity contribution < 1.29 is 9.59 Å². The molecule has 0 saturated carbocycles. The summed E-state index contributed by atoms with van der Waals surface area (Å²) >= 11 is 3.49. The third kappa shape index (κ3) is 2.26. The number of halogens is 1. The van der Waals surface area contributed by atoms with Crippen LogP contribution in [0.25, 0.3) is 10.9 Å². The molecule has 1 fully saturated rings. The first kappa shape index (κ1) is 12.3. The third-order valence-electron chi connectivity index (χ3n) is 3.34. The number of benzene rings is 1. The number of piperidine rings is 1. The standard InChI is InChI=1S/C14H11BrN2O2/c15-11-2-1-3-12-10(11)6-8(7-16-12)9-4-5-13(18)17-14(9)19/h1-3,6-7,9H,4-5H2,(H,17,18,19). The highest BCUT2D eigenvalue weighted by atomic mass is 79.9. The summed E-state index contributed by atoms with van der Waals surface area (Å²) in [5.41, 5.74) is 1.73. The normalized spacial score (nSPS) is 19.5. The number of nitrogens with zero attached hydrogens (tertiary/aromatic N) is 1. The van der Waals surface area contributed by atoms with Crippen LogP contribution in [0.3, 0.4) is 0 Å². The van der Waals surface area contributed by atoms with Crippen LogP contribution < -0.4 is 5.32 Å². The van der Waals surface area contributed by atoms with E-state index in [9.17, 15) is 9.59 Å². The second-order valence-electron chi connectivity index (χ2n) is 4.58. The van der Waals surface area contributed by atoms with Crippen LogP contribution in [0.4, 0.5) is 0 Å². The van der Waals surface area contributed by atoms with Gasteiger partial charge in [-0.05, 0) is 30.2 Å². The Morgan fingerprint density at radius 1 is 1.32 bits per heavy atom. The highest BCUT2D eigenvalue weighted by Crippen LogP contribution is 2.29. The first-order valence-corrected chi connectivity index (χ1v) is 6.82. The monoisotopic (exact) mass is 318 g/mol. The number of nitrogens with one attached hydrogen (secondary N) is 1. The average molecular weight is 319 g/mol. The van der Waals surface area contributed by atoms with Crippen LogP contribution in [-0.2, 0) is 9.59 Å². The summed E-state index contributed by atoms with van der Waals surface area (Å²) in [6.07, 6.45) is 2.64. The van der Waals surface area contributed by atoms with Gasteiger partial charge in [-0.15, -0.1) is 0 Å². The Balaban J connectivity index is 2.04. The van der Waals surface area contributed by atoms with Crippen LogP contribution in [0.5, 0.6) is 0 Å². The van der Waals surface area contributed by atoms with E-state index in [4.69, 9.17) is 0 Å². The maximum absolute atomic E-state index is 11.9. The van der Waals surface area contributed by atoms with Gasteiger partial charge in [0.25, 0.3) is 0 Å². The van der Waals surface area contributed by atoms with Crippen molar-refractivity contribution in [3.63, 3.8) is 0 Å². The van der Waals surface area contributed by atoms with Crippen molar-refractivity contribution in [3.8, 4) is 0 Å². The van der Waals surface area contributed by atoms with E-state index in [-0.39, 0.29) is 17.7 Å². The number of aromatic nitrogens is 1. The number of hydrogen-bond donors (Lipinski definition) is 1. The fourth-order valence-electron chi connectivity index (χ4n) is 2.33. The van der Waals surface area contributed by atoms with Gasteiger partial charge in [-0.2, -0.15) is 0 Å². The summed E-state index contributed by atoms with van der Waals surface area (Å²) in [5.74, 6) is -0.720. The third-order valence-corrected chi connectivity index (χ3v) is 4.03. The molecule has 4 nitrogen and oxygen atoms in total. The average Bonchev–Trinajstić information content (AvgIpc) is 2.39. The van der Waals surface area contributed by atoms with Crippen LogP contribution in [0, 0.1) is 0 Å². The minimum atomic E-state index is -0.290. The largest absolute Gasteiger partial charge is 0.296 e. The molecule has 0 bridgehead atoms. The van der Waals surface area contributed by atoms with E-state index in [1.807, 2.05) is 24.3 Å². The number of pyridine rings is 1. The number of amides is 2. The number of hydrogen-bond acceptors (Lipinski definition) is 3. The highest BCUT2D eigenvalue weighted by molar-refractivity contribution is 9.10. The van der Waals surface area contributed by atoms with Gasteiger partial charge in [-0.1, -0.05) is 22.0 Å². The van der Waals surface area contributed by atoms with Gasteiger partial charge in [0.15, 0.2) is 0 Å². The Kier molecular flexibility index (Phi) is 3.06. The molecule has 1 atom stereocenters. The SMILES string of the molecule is O=C1CCC(c2cnc3cccc(Br)c3c2)C(=O)N1. The molecule has 96 valence electrons. The fourth-order valence-corrected chi connectivity index (χ4v) is 2.80. The second-order valence-corrected chi connectivity index (χ2v) is 5.43. The van der Waals surface area contributed by atoms with Crippen molar-refractivity contribution in [3.05, 3.63) is 40.5 Å². The van der Waals surface area contributed by atoms with E-state index in [0.717, 1.165) is 20.9 Å². The molecule has 1 unspecified atom stereocenters. The molecule has 1 aromatic heterocycles. The Morgan fingerprint density at radius 3 is 2.95 bits per heavy atom. The zero-order valence-electron chi connectivity index (χ0n) is 10.0. The maximum atomic E-state index is 11.9. The Labute approximate surface area is 118 Å². The predicted molar refractivity (Wildman–Crippen MR) is 74.6 cm³/mol. The summed E-state index contributed by atoms with van der Waals surface area (Å²) in [4.78, 5) is 27.4. The van der Waals surface area contributed by atoms with E-state index in [1.54, 1.807) is 6.20 Å². The topological polar surface area (TPSA) is 59.1 Å². The zero-order chi connectivity index (χ0) is 13.4. The van der Waals surface area contributed by atoms with Crippen LogP contribution in [0.2, 0.25) is 0 Å². The van der Waals surface area contributed by atoms with E-state index < -0.39 is 0 Å². The molecule has 1 aliphatic heterocycles. The molecule has 2 amide bonds. The summed E-state index contributed by atoms with van der Waals surface area (Å²) in [5, 5.41) is 3.35. The van der Waals surface area contributed by atoms with Gasteiger partial charge in [0.2, 0.25) is 11.8 Å². The summed E-state index contributed by atoms with van der Waals surface area (Å²) in [6, 6.07) is 7.75. The van der Waals surface area contributed by atoms with E-state index >= 15 is 0 Å². The van der Waals surface area contributed by atoms with Crippen molar-refractivity contribution in [1.29, 1.82) is 0 Å². The molecule has 0 spiro atoms. The van der Waals surface area contributed by atoms with Gasteiger partial charge < -0.3 is 0 Å².